The van der Waals surface area contributed by atoms with Gasteiger partial charge < -0.3 is 9.84 Å². The zero-order chi connectivity index (χ0) is 12.3. The largest absolute Gasteiger partial charge is 0.496 e. The zero-order valence-corrected chi connectivity index (χ0v) is 9.62. The second-order valence-electron chi connectivity index (χ2n) is 3.20. The Balaban J connectivity index is 3.38. The van der Waals surface area contributed by atoms with Crippen LogP contribution in [0.4, 0.5) is 0 Å². The van der Waals surface area contributed by atoms with Crippen LogP contribution in [0, 0.1) is 0 Å². The maximum absolute atomic E-state index is 11.2. The van der Waals surface area contributed by atoms with Gasteiger partial charge in [0.25, 0.3) is 0 Å². The fraction of sp³-hybridized carbons (Fsp3) is 0.273. The predicted molar refractivity (Wildman–Crippen MR) is 59.2 cm³/mol. The number of rotatable bonds is 4. The lowest BCUT2D eigenvalue weighted by atomic mass is 10.0. The first-order valence-corrected chi connectivity index (χ1v) is 4.97. The number of aromatic carboxylic acids is 1. The zero-order valence-electron chi connectivity index (χ0n) is 8.86. The van der Waals surface area contributed by atoms with E-state index >= 15 is 0 Å². The van der Waals surface area contributed by atoms with E-state index in [0.29, 0.717) is 0 Å². The number of benzene rings is 1. The molecule has 86 valence electrons. The minimum Gasteiger partial charge on any atom is -0.496 e. The molecule has 16 heavy (non-hydrogen) atoms. The van der Waals surface area contributed by atoms with Gasteiger partial charge in [-0.2, -0.15) is 0 Å². The van der Waals surface area contributed by atoms with Gasteiger partial charge in [-0.15, -0.1) is 11.6 Å². The van der Waals surface area contributed by atoms with Crippen LogP contribution in [0.25, 0.3) is 0 Å². The summed E-state index contributed by atoms with van der Waals surface area (Å²) in [7, 11) is 1.36. The lowest BCUT2D eigenvalue weighted by Gasteiger charge is -2.12. The number of methoxy groups -OCH3 is 1. The molecule has 0 radical (unpaired) electrons. The van der Waals surface area contributed by atoms with Crippen molar-refractivity contribution < 1.29 is 19.4 Å². The van der Waals surface area contributed by atoms with E-state index < -0.39 is 11.3 Å². The number of Topliss-reactive ketones (excluding diaryl/α,β-unsaturated/α-hetero) is 1. The Labute approximate surface area is 97.8 Å². The molecule has 0 heterocycles. The number of carbonyl (C=O) groups excluding carboxylic acids is 1. The first-order valence-electron chi connectivity index (χ1n) is 4.53. The summed E-state index contributed by atoms with van der Waals surface area (Å²) in [5, 5.41) is 8.09. The number of ketones is 1. The number of carbonyl (C=O) groups is 2. The summed E-state index contributed by atoms with van der Waals surface area (Å²) in [6.07, 6.45) is 0. The molecule has 0 fully saturated rings. The average Bonchev–Trinajstić information content (AvgIpc) is 2.26. The Kier molecular flexibility index (Phi) is 3.90. The van der Waals surface area contributed by atoms with Gasteiger partial charge >= 0.3 is 5.97 Å². The highest BCUT2D eigenvalue weighted by atomic mass is 35.5. The minimum absolute atomic E-state index is 0.0693. The molecule has 1 N–H and O–H groups in total. The van der Waals surface area contributed by atoms with Crippen molar-refractivity contribution >= 4 is 23.4 Å². The van der Waals surface area contributed by atoms with E-state index in [9.17, 15) is 9.59 Å². The number of ether oxygens (including phenoxy) is 1. The molecule has 0 aliphatic carbocycles. The summed E-state index contributed by atoms with van der Waals surface area (Å²) in [5.41, 5.74) is 0.182. The molecule has 1 atom stereocenters. The van der Waals surface area contributed by atoms with Gasteiger partial charge in [0, 0.05) is 0 Å². The predicted octanol–water partition coefficient (Wildman–Crippen LogP) is 2.26. The van der Waals surface area contributed by atoms with Crippen molar-refractivity contribution in [2.45, 2.75) is 12.3 Å². The molecule has 0 bridgehead atoms. The van der Waals surface area contributed by atoms with Crippen LogP contribution in [0.3, 0.4) is 0 Å². The molecule has 0 aliphatic heterocycles. The first-order chi connectivity index (χ1) is 7.49. The van der Waals surface area contributed by atoms with E-state index in [1.165, 1.54) is 26.2 Å². The number of carboxylic acids is 1. The van der Waals surface area contributed by atoms with E-state index in [0.717, 1.165) is 0 Å². The van der Waals surface area contributed by atoms with Gasteiger partial charge in [-0.3, -0.25) is 4.79 Å². The quantitative estimate of drug-likeness (QED) is 0.823. The Morgan fingerprint density at radius 1 is 1.44 bits per heavy atom. The fourth-order valence-corrected chi connectivity index (χ4v) is 1.56. The Bertz CT molecular complexity index is 428. The maximum Gasteiger partial charge on any atom is 0.339 e. The van der Waals surface area contributed by atoms with Crippen molar-refractivity contribution in [3.8, 4) is 5.75 Å². The highest BCUT2D eigenvalue weighted by molar-refractivity contribution is 6.31. The molecule has 5 heteroatoms. The van der Waals surface area contributed by atoms with Crippen LogP contribution in [0.15, 0.2) is 18.2 Å². The average molecular weight is 243 g/mol. The van der Waals surface area contributed by atoms with E-state index in [1.807, 2.05) is 0 Å². The number of alkyl halides is 1. The summed E-state index contributed by atoms with van der Waals surface area (Å²) in [6.45, 7) is 1.31. The molecule has 0 spiro atoms. The molecule has 0 aliphatic rings. The molecule has 1 aromatic carbocycles. The molecule has 1 unspecified atom stereocenters. The van der Waals surface area contributed by atoms with Crippen molar-refractivity contribution in [1.29, 1.82) is 0 Å². The summed E-state index contributed by atoms with van der Waals surface area (Å²) in [6, 6.07) is 4.61. The Morgan fingerprint density at radius 2 is 2.06 bits per heavy atom. The third-order valence-electron chi connectivity index (χ3n) is 2.12. The van der Waals surface area contributed by atoms with Gasteiger partial charge in [-0.25, -0.2) is 4.79 Å². The molecule has 0 saturated carbocycles. The van der Waals surface area contributed by atoms with Crippen molar-refractivity contribution in [2.75, 3.05) is 7.11 Å². The highest BCUT2D eigenvalue weighted by Gasteiger charge is 2.23. The third kappa shape index (κ3) is 2.33. The van der Waals surface area contributed by atoms with Crippen molar-refractivity contribution in [2.24, 2.45) is 0 Å². The summed E-state index contributed by atoms with van der Waals surface area (Å²) in [4.78, 5) is 22.2. The van der Waals surface area contributed by atoms with Gasteiger partial charge in [0.2, 0.25) is 0 Å². The Hall–Kier alpha value is -1.55. The molecule has 0 saturated heterocycles. The fourth-order valence-electron chi connectivity index (χ4n) is 1.38. The normalized spacial score (nSPS) is 11.9. The number of hydrogen-bond acceptors (Lipinski definition) is 3. The maximum atomic E-state index is 11.2. The van der Waals surface area contributed by atoms with Gasteiger partial charge in [0.05, 0.1) is 7.11 Å². The molecular formula is C11H11ClO4. The van der Waals surface area contributed by atoms with Crippen LogP contribution >= 0.6 is 11.6 Å². The van der Waals surface area contributed by atoms with E-state index in [1.54, 1.807) is 6.07 Å². The van der Waals surface area contributed by atoms with Crippen LogP contribution in [-0.2, 0) is 4.79 Å². The van der Waals surface area contributed by atoms with Gasteiger partial charge in [-0.05, 0) is 18.6 Å². The summed E-state index contributed by atoms with van der Waals surface area (Å²) < 4.78 is 4.93. The van der Waals surface area contributed by atoms with Gasteiger partial charge in [-0.1, -0.05) is 12.1 Å². The summed E-state index contributed by atoms with van der Waals surface area (Å²) in [5.74, 6) is -1.28. The number of carboxylic acid groups (broad SMARTS) is 1. The molecular weight excluding hydrogens is 232 g/mol. The minimum atomic E-state index is -1.17. The van der Waals surface area contributed by atoms with Crippen LogP contribution in [-0.4, -0.2) is 24.0 Å². The van der Waals surface area contributed by atoms with Crippen LogP contribution in [0.5, 0.6) is 5.75 Å². The smallest absolute Gasteiger partial charge is 0.339 e. The third-order valence-corrected chi connectivity index (χ3v) is 2.66. The lowest BCUT2D eigenvalue weighted by molar-refractivity contribution is -0.116. The van der Waals surface area contributed by atoms with Gasteiger partial charge in [0.1, 0.15) is 16.7 Å². The summed E-state index contributed by atoms with van der Waals surface area (Å²) >= 11 is 5.85. The molecule has 0 amide bonds. The van der Waals surface area contributed by atoms with Crippen molar-refractivity contribution in [3.63, 3.8) is 0 Å². The second kappa shape index (κ2) is 4.99. The van der Waals surface area contributed by atoms with Crippen molar-refractivity contribution in [3.05, 3.63) is 29.3 Å². The number of hydrogen-bond donors (Lipinski definition) is 1. The Morgan fingerprint density at radius 3 is 2.50 bits per heavy atom. The van der Waals surface area contributed by atoms with E-state index in [4.69, 9.17) is 21.4 Å². The van der Waals surface area contributed by atoms with E-state index in [-0.39, 0.29) is 22.7 Å². The SMILES string of the molecule is COc1cccc(C(Cl)C(C)=O)c1C(=O)O. The molecule has 0 aromatic heterocycles. The van der Waals surface area contributed by atoms with E-state index in [2.05, 4.69) is 0 Å². The highest BCUT2D eigenvalue weighted by Crippen LogP contribution is 2.30. The van der Waals surface area contributed by atoms with Gasteiger partial charge in [0.15, 0.2) is 5.78 Å². The van der Waals surface area contributed by atoms with Crippen LogP contribution in [0.2, 0.25) is 0 Å². The monoisotopic (exact) mass is 242 g/mol. The van der Waals surface area contributed by atoms with Crippen LogP contribution < -0.4 is 4.74 Å². The molecule has 1 rings (SSSR count). The topological polar surface area (TPSA) is 63.6 Å². The number of halogens is 1. The molecule has 1 aromatic rings. The lowest BCUT2D eigenvalue weighted by Crippen LogP contribution is -2.10. The second-order valence-corrected chi connectivity index (χ2v) is 3.64. The standard InChI is InChI=1S/C11H11ClO4/c1-6(13)10(12)7-4-3-5-8(16-2)9(7)11(14)15/h3-5,10H,1-2H3,(H,14,15). The first kappa shape index (κ1) is 12.5. The van der Waals surface area contributed by atoms with Crippen molar-refractivity contribution in [1.82, 2.24) is 0 Å². The van der Waals surface area contributed by atoms with Crippen LogP contribution in [0.1, 0.15) is 28.2 Å². The molecule has 4 nitrogen and oxygen atoms in total.